The third-order valence-electron chi connectivity index (χ3n) is 4.46. The van der Waals surface area contributed by atoms with Crippen LogP contribution in [0.4, 0.5) is 5.95 Å². The van der Waals surface area contributed by atoms with Crippen LogP contribution in [0.25, 0.3) is 11.0 Å². The highest BCUT2D eigenvalue weighted by Gasteiger charge is 2.28. The number of aromatic nitrogens is 3. The van der Waals surface area contributed by atoms with Crippen molar-refractivity contribution in [2.24, 2.45) is 0 Å². The van der Waals surface area contributed by atoms with Crippen LogP contribution in [-0.4, -0.2) is 38.7 Å². The van der Waals surface area contributed by atoms with Gasteiger partial charge in [-0.1, -0.05) is 12.8 Å². The zero-order chi connectivity index (χ0) is 14.2. The molecule has 2 aromatic rings. The summed E-state index contributed by atoms with van der Waals surface area (Å²) in [5.74, 6) is 0.653. The van der Waals surface area contributed by atoms with Crippen LogP contribution >= 0.6 is 0 Å². The summed E-state index contributed by atoms with van der Waals surface area (Å²) in [5, 5.41) is 4.00. The predicted octanol–water partition coefficient (Wildman–Crippen LogP) is 1.42. The second-order valence-corrected chi connectivity index (χ2v) is 5.84. The van der Waals surface area contributed by atoms with E-state index in [1.165, 1.54) is 25.7 Å². The lowest BCUT2D eigenvalue weighted by Crippen LogP contribution is -2.41. The lowest BCUT2D eigenvalue weighted by Gasteiger charge is -2.26. The molecule has 0 aliphatic carbocycles. The van der Waals surface area contributed by atoms with Crippen LogP contribution in [0.5, 0.6) is 0 Å². The van der Waals surface area contributed by atoms with E-state index in [2.05, 4.69) is 20.2 Å². The van der Waals surface area contributed by atoms with Gasteiger partial charge in [-0.2, -0.15) is 4.98 Å². The topological polar surface area (TPSA) is 63.1 Å². The van der Waals surface area contributed by atoms with Gasteiger partial charge in [0, 0.05) is 19.3 Å². The molecule has 0 aromatic carbocycles. The monoisotopic (exact) mass is 285 g/mol. The molecule has 110 valence electrons. The normalized spacial score (nSPS) is 22.8. The number of hydrogen-bond acceptors (Lipinski definition) is 5. The first-order chi connectivity index (χ1) is 10.3. The Balaban J connectivity index is 1.68. The predicted molar refractivity (Wildman–Crippen MR) is 81.2 cm³/mol. The fourth-order valence-corrected chi connectivity index (χ4v) is 3.32. The summed E-state index contributed by atoms with van der Waals surface area (Å²) in [5.41, 5.74) is 0.533. The maximum absolute atomic E-state index is 12.5. The molecule has 1 atom stereocenters. The Hall–Kier alpha value is -1.95. The van der Waals surface area contributed by atoms with Crippen LogP contribution in [0.1, 0.15) is 25.7 Å². The summed E-state index contributed by atoms with van der Waals surface area (Å²) in [6, 6.07) is 3.58. The van der Waals surface area contributed by atoms with Crippen LogP contribution in [0.15, 0.2) is 23.1 Å². The molecule has 1 unspecified atom stereocenters. The van der Waals surface area contributed by atoms with E-state index >= 15 is 0 Å². The van der Waals surface area contributed by atoms with Gasteiger partial charge >= 0.3 is 0 Å². The van der Waals surface area contributed by atoms with E-state index in [9.17, 15) is 4.79 Å². The van der Waals surface area contributed by atoms with Crippen molar-refractivity contribution in [2.45, 2.75) is 38.4 Å². The zero-order valence-corrected chi connectivity index (χ0v) is 12.0. The highest BCUT2D eigenvalue weighted by Crippen LogP contribution is 2.21. The van der Waals surface area contributed by atoms with E-state index in [-0.39, 0.29) is 11.7 Å². The Labute approximate surface area is 122 Å². The number of nitrogens with zero attached hydrogens (tertiary/aromatic N) is 4. The highest BCUT2D eigenvalue weighted by atomic mass is 16.1. The highest BCUT2D eigenvalue weighted by molar-refractivity contribution is 5.74. The second kappa shape index (κ2) is 5.11. The Morgan fingerprint density at radius 2 is 2.00 bits per heavy atom. The molecule has 4 rings (SSSR count). The third-order valence-corrected chi connectivity index (χ3v) is 4.46. The molecule has 4 heterocycles. The van der Waals surface area contributed by atoms with Crippen molar-refractivity contribution in [3.05, 3.63) is 28.7 Å². The van der Waals surface area contributed by atoms with Crippen molar-refractivity contribution < 1.29 is 0 Å². The van der Waals surface area contributed by atoms with Gasteiger partial charge in [0.2, 0.25) is 5.95 Å². The van der Waals surface area contributed by atoms with Crippen LogP contribution in [0, 0.1) is 0 Å². The number of fused-ring (bicyclic) bond motifs is 2. The summed E-state index contributed by atoms with van der Waals surface area (Å²) < 4.78 is 1.75. The van der Waals surface area contributed by atoms with Crippen molar-refractivity contribution >= 4 is 17.0 Å². The Morgan fingerprint density at radius 3 is 2.81 bits per heavy atom. The van der Waals surface area contributed by atoms with Crippen LogP contribution in [0.3, 0.4) is 0 Å². The molecule has 0 saturated carbocycles. The molecule has 0 spiro atoms. The van der Waals surface area contributed by atoms with Crippen molar-refractivity contribution in [1.82, 2.24) is 19.4 Å². The smallest absolute Gasteiger partial charge is 0.264 e. The first kappa shape index (κ1) is 12.8. The summed E-state index contributed by atoms with van der Waals surface area (Å²) in [7, 11) is 0. The molecular formula is C15H19N5O. The molecule has 6 nitrogen and oxygen atoms in total. The number of hydrogen-bond donors (Lipinski definition) is 1. The molecule has 1 N–H and O–H groups in total. The summed E-state index contributed by atoms with van der Waals surface area (Å²) in [4.78, 5) is 23.7. The molecule has 2 aliphatic heterocycles. The molecule has 0 amide bonds. The van der Waals surface area contributed by atoms with Crippen molar-refractivity contribution in [3.63, 3.8) is 0 Å². The van der Waals surface area contributed by atoms with Crippen LogP contribution in [-0.2, 0) is 6.54 Å². The number of likely N-dealkylation sites (tertiary alicyclic amines) is 1. The molecule has 0 bridgehead atoms. The Kier molecular flexibility index (Phi) is 3.11. The van der Waals surface area contributed by atoms with Crippen LogP contribution in [0.2, 0.25) is 0 Å². The Morgan fingerprint density at radius 1 is 1.19 bits per heavy atom. The minimum absolute atomic E-state index is 0.00734. The quantitative estimate of drug-likeness (QED) is 0.858. The van der Waals surface area contributed by atoms with Gasteiger partial charge in [0.1, 0.15) is 6.17 Å². The van der Waals surface area contributed by atoms with Crippen LogP contribution < -0.4 is 10.9 Å². The number of anilines is 1. The first-order valence-electron chi connectivity index (χ1n) is 7.69. The van der Waals surface area contributed by atoms with E-state index in [0.29, 0.717) is 23.5 Å². The summed E-state index contributed by atoms with van der Waals surface area (Å²) in [6.45, 7) is 2.86. The fraction of sp³-hybridized carbons (Fsp3) is 0.533. The van der Waals surface area contributed by atoms with E-state index in [1.54, 1.807) is 22.9 Å². The van der Waals surface area contributed by atoms with Crippen molar-refractivity contribution in [3.8, 4) is 0 Å². The maximum atomic E-state index is 12.5. The largest absolute Gasteiger partial charge is 0.338 e. The lowest BCUT2D eigenvalue weighted by molar-refractivity contribution is 0.217. The fourth-order valence-electron chi connectivity index (χ4n) is 3.32. The minimum atomic E-state index is 0.00734. The van der Waals surface area contributed by atoms with Crippen molar-refractivity contribution in [1.29, 1.82) is 0 Å². The average Bonchev–Trinajstić information content (AvgIpc) is 2.75. The zero-order valence-electron chi connectivity index (χ0n) is 12.0. The molecule has 1 fully saturated rings. The van der Waals surface area contributed by atoms with Gasteiger partial charge in [0.15, 0.2) is 5.65 Å². The first-order valence-corrected chi connectivity index (χ1v) is 7.69. The number of pyridine rings is 1. The molecule has 2 aliphatic rings. The van der Waals surface area contributed by atoms with Gasteiger partial charge in [0.05, 0.1) is 11.9 Å². The molecule has 21 heavy (non-hydrogen) atoms. The summed E-state index contributed by atoms with van der Waals surface area (Å²) in [6.07, 6.45) is 6.94. The van der Waals surface area contributed by atoms with E-state index in [1.807, 2.05) is 0 Å². The molecule has 0 radical (unpaired) electrons. The van der Waals surface area contributed by atoms with E-state index < -0.39 is 0 Å². The molecule has 1 saturated heterocycles. The Bertz CT molecular complexity index is 718. The maximum Gasteiger partial charge on any atom is 0.264 e. The average molecular weight is 285 g/mol. The standard InChI is InChI=1S/C15H19N5O/c21-14-11-6-5-7-16-13(11)18-15-17-12(10-20(14)15)19-8-3-1-2-4-9-19/h5-7,12H,1-4,8-10H2,(H,16,17,18). The minimum Gasteiger partial charge on any atom is -0.338 e. The second-order valence-electron chi connectivity index (χ2n) is 5.84. The molecule has 6 heteroatoms. The van der Waals surface area contributed by atoms with Gasteiger partial charge < -0.3 is 5.32 Å². The van der Waals surface area contributed by atoms with Gasteiger partial charge in [-0.3, -0.25) is 14.3 Å². The number of nitrogens with one attached hydrogen (secondary N) is 1. The third kappa shape index (κ3) is 2.19. The summed E-state index contributed by atoms with van der Waals surface area (Å²) >= 11 is 0. The van der Waals surface area contributed by atoms with Crippen molar-refractivity contribution in [2.75, 3.05) is 18.4 Å². The van der Waals surface area contributed by atoms with Gasteiger partial charge in [-0.25, -0.2) is 4.98 Å². The molecular weight excluding hydrogens is 266 g/mol. The number of rotatable bonds is 1. The van der Waals surface area contributed by atoms with Gasteiger partial charge in [-0.15, -0.1) is 0 Å². The van der Waals surface area contributed by atoms with E-state index in [4.69, 9.17) is 0 Å². The molecule has 2 aromatic heterocycles. The lowest BCUT2D eigenvalue weighted by atomic mass is 10.2. The SMILES string of the molecule is O=c1c2cccnc2nc2n1CC(N1CCCCCC1)N2. The van der Waals surface area contributed by atoms with E-state index in [0.717, 1.165) is 13.1 Å². The van der Waals surface area contributed by atoms with Gasteiger partial charge in [0.25, 0.3) is 5.56 Å². The van der Waals surface area contributed by atoms with Gasteiger partial charge in [-0.05, 0) is 25.0 Å².